The molecule has 3 N–H and O–H groups in total. The zero-order valence-corrected chi connectivity index (χ0v) is 24.8. The molecule has 11 heteroatoms. The van der Waals surface area contributed by atoms with E-state index in [0.29, 0.717) is 46.9 Å². The van der Waals surface area contributed by atoms with Gasteiger partial charge in [-0.1, -0.05) is 71.0 Å². The van der Waals surface area contributed by atoms with Crippen LogP contribution in [0.1, 0.15) is 51.6 Å². The monoisotopic (exact) mass is 590 g/mol. The number of carbonyl (C=O) groups is 2. The quantitative estimate of drug-likeness (QED) is 0.195. The SMILES string of the molecule is Cc1noc(C)c1COC(=O)N[C@@H](Cc1ccccc1)C[C@H](O)[C@H](Cc1ccccc1)NC(=O)OCc1c(C)noc1C. The number of aliphatic hydroxyl groups is 1. The Morgan fingerprint density at radius 2 is 1.21 bits per heavy atom. The highest BCUT2D eigenvalue weighted by atomic mass is 16.6. The lowest BCUT2D eigenvalue weighted by molar-refractivity contribution is 0.0859. The number of amides is 2. The maximum atomic E-state index is 12.9. The summed E-state index contributed by atoms with van der Waals surface area (Å²) < 4.78 is 21.2. The van der Waals surface area contributed by atoms with E-state index < -0.39 is 30.4 Å². The van der Waals surface area contributed by atoms with Crippen molar-refractivity contribution in [3.8, 4) is 0 Å². The second-order valence-electron chi connectivity index (χ2n) is 10.5. The zero-order chi connectivity index (χ0) is 30.8. The summed E-state index contributed by atoms with van der Waals surface area (Å²) in [6.45, 7) is 7.04. The van der Waals surface area contributed by atoms with Gasteiger partial charge in [0.05, 0.1) is 34.7 Å². The van der Waals surface area contributed by atoms with Crippen LogP contribution in [0.15, 0.2) is 69.7 Å². The van der Waals surface area contributed by atoms with Gasteiger partial charge in [0.25, 0.3) is 0 Å². The van der Waals surface area contributed by atoms with E-state index in [-0.39, 0.29) is 19.6 Å². The standard InChI is InChI=1S/C32H38N4O7/c1-20-27(22(3)42-35-20)18-40-31(38)33-26(15-24-11-7-5-8-12-24)17-30(37)29(16-25-13-9-6-10-14-25)34-32(39)41-19-28-21(2)36-43-23(28)4/h5-14,26,29-30,37H,15-19H2,1-4H3,(H,33,38)(H,34,39)/t26-,29-,30-/m0/s1. The Bertz CT molecular complexity index is 1430. The highest BCUT2D eigenvalue weighted by Crippen LogP contribution is 2.17. The van der Waals surface area contributed by atoms with Crippen LogP contribution in [0.5, 0.6) is 0 Å². The van der Waals surface area contributed by atoms with Crippen molar-refractivity contribution in [3.05, 3.63) is 106 Å². The molecule has 0 spiro atoms. The van der Waals surface area contributed by atoms with Crippen LogP contribution < -0.4 is 10.6 Å². The Morgan fingerprint density at radius 1 is 0.744 bits per heavy atom. The van der Waals surface area contributed by atoms with Gasteiger partial charge in [-0.2, -0.15) is 0 Å². The van der Waals surface area contributed by atoms with Gasteiger partial charge in [-0.25, -0.2) is 9.59 Å². The molecule has 0 saturated heterocycles. The van der Waals surface area contributed by atoms with Gasteiger partial charge < -0.3 is 34.3 Å². The van der Waals surface area contributed by atoms with Crippen LogP contribution in [0.4, 0.5) is 9.59 Å². The van der Waals surface area contributed by atoms with Crippen LogP contribution in [-0.2, 0) is 35.5 Å². The van der Waals surface area contributed by atoms with Crippen molar-refractivity contribution in [3.63, 3.8) is 0 Å². The Kier molecular flexibility index (Phi) is 10.9. The van der Waals surface area contributed by atoms with Gasteiger partial charge in [-0.15, -0.1) is 0 Å². The fraction of sp³-hybridized carbons (Fsp3) is 0.375. The smallest absolute Gasteiger partial charge is 0.407 e. The molecule has 3 atom stereocenters. The van der Waals surface area contributed by atoms with E-state index in [2.05, 4.69) is 20.9 Å². The van der Waals surface area contributed by atoms with Gasteiger partial charge in [0.2, 0.25) is 0 Å². The number of carbonyl (C=O) groups excluding carboxylic acids is 2. The fourth-order valence-electron chi connectivity index (χ4n) is 4.79. The molecule has 43 heavy (non-hydrogen) atoms. The van der Waals surface area contributed by atoms with Crippen LogP contribution in [-0.4, -0.2) is 45.8 Å². The van der Waals surface area contributed by atoms with Crippen molar-refractivity contribution in [2.45, 2.75) is 78.4 Å². The van der Waals surface area contributed by atoms with Gasteiger partial charge in [-0.3, -0.25) is 0 Å². The number of aliphatic hydroxyl groups excluding tert-OH is 1. The van der Waals surface area contributed by atoms with Crippen molar-refractivity contribution in [1.29, 1.82) is 0 Å². The molecule has 0 aliphatic rings. The van der Waals surface area contributed by atoms with Crippen LogP contribution in [0.3, 0.4) is 0 Å². The maximum absolute atomic E-state index is 12.9. The van der Waals surface area contributed by atoms with E-state index in [1.165, 1.54) is 0 Å². The highest BCUT2D eigenvalue weighted by molar-refractivity contribution is 5.68. The molecule has 4 aromatic rings. The van der Waals surface area contributed by atoms with E-state index in [9.17, 15) is 14.7 Å². The number of benzene rings is 2. The molecule has 11 nitrogen and oxygen atoms in total. The van der Waals surface area contributed by atoms with Crippen molar-refractivity contribution >= 4 is 12.2 Å². The summed E-state index contributed by atoms with van der Waals surface area (Å²) in [5.74, 6) is 1.15. The number of rotatable bonds is 13. The van der Waals surface area contributed by atoms with Gasteiger partial charge in [0.15, 0.2) is 0 Å². The third kappa shape index (κ3) is 9.17. The van der Waals surface area contributed by atoms with Gasteiger partial charge >= 0.3 is 12.2 Å². The molecule has 2 heterocycles. The minimum absolute atomic E-state index is 0.00275. The largest absolute Gasteiger partial charge is 0.444 e. The van der Waals surface area contributed by atoms with E-state index in [4.69, 9.17) is 18.5 Å². The van der Waals surface area contributed by atoms with Crippen LogP contribution in [0, 0.1) is 27.7 Å². The second kappa shape index (κ2) is 15.0. The lowest BCUT2D eigenvalue weighted by Gasteiger charge is -2.28. The van der Waals surface area contributed by atoms with E-state index in [1.54, 1.807) is 27.7 Å². The molecular weight excluding hydrogens is 552 g/mol. The molecule has 2 aromatic heterocycles. The van der Waals surface area contributed by atoms with Crippen LogP contribution in [0.25, 0.3) is 0 Å². The summed E-state index contributed by atoms with van der Waals surface area (Å²) in [6, 6.07) is 17.9. The highest BCUT2D eigenvalue weighted by Gasteiger charge is 2.27. The molecule has 0 radical (unpaired) electrons. The molecule has 228 valence electrons. The first kappa shape index (κ1) is 31.3. The lowest BCUT2D eigenvalue weighted by atomic mass is 9.94. The van der Waals surface area contributed by atoms with E-state index >= 15 is 0 Å². The Labute approximate surface area is 250 Å². The Morgan fingerprint density at radius 3 is 1.67 bits per heavy atom. The predicted molar refractivity (Wildman–Crippen MR) is 157 cm³/mol. The molecule has 0 bridgehead atoms. The van der Waals surface area contributed by atoms with Crippen molar-refractivity contribution in [1.82, 2.24) is 20.9 Å². The Balaban J connectivity index is 1.45. The molecule has 0 aliphatic carbocycles. The summed E-state index contributed by atoms with van der Waals surface area (Å²) in [5, 5.41) is 25.0. The summed E-state index contributed by atoms with van der Waals surface area (Å²) in [4.78, 5) is 25.7. The molecule has 0 saturated carbocycles. The summed E-state index contributed by atoms with van der Waals surface area (Å²) in [5.41, 5.74) is 4.58. The minimum Gasteiger partial charge on any atom is -0.444 e. The van der Waals surface area contributed by atoms with E-state index in [1.807, 2.05) is 60.7 Å². The molecule has 0 fully saturated rings. The number of nitrogens with zero attached hydrogens (tertiary/aromatic N) is 2. The van der Waals surface area contributed by atoms with Crippen LogP contribution >= 0.6 is 0 Å². The number of hydrogen-bond donors (Lipinski definition) is 3. The normalized spacial score (nSPS) is 13.1. The number of alkyl carbamates (subject to hydrolysis) is 2. The number of hydrogen-bond acceptors (Lipinski definition) is 9. The second-order valence-corrected chi connectivity index (χ2v) is 10.5. The zero-order valence-electron chi connectivity index (χ0n) is 24.8. The Hall–Kier alpha value is -4.64. The third-order valence-corrected chi connectivity index (χ3v) is 7.30. The summed E-state index contributed by atoms with van der Waals surface area (Å²) in [6.07, 6.45) is -1.45. The summed E-state index contributed by atoms with van der Waals surface area (Å²) in [7, 11) is 0. The van der Waals surface area contributed by atoms with E-state index in [0.717, 1.165) is 11.1 Å². The summed E-state index contributed by atoms with van der Waals surface area (Å²) >= 11 is 0. The van der Waals surface area contributed by atoms with Gasteiger partial charge in [0.1, 0.15) is 24.7 Å². The molecule has 0 aliphatic heterocycles. The number of aryl methyl sites for hydroxylation is 4. The third-order valence-electron chi connectivity index (χ3n) is 7.30. The first-order chi connectivity index (χ1) is 20.7. The van der Waals surface area contributed by atoms with Crippen LogP contribution in [0.2, 0.25) is 0 Å². The number of ether oxygens (including phenoxy) is 2. The first-order valence-corrected chi connectivity index (χ1v) is 14.2. The topological polar surface area (TPSA) is 149 Å². The molecule has 2 amide bonds. The maximum Gasteiger partial charge on any atom is 0.407 e. The van der Waals surface area contributed by atoms with Crippen molar-refractivity contribution in [2.75, 3.05) is 0 Å². The van der Waals surface area contributed by atoms with Crippen molar-refractivity contribution in [2.24, 2.45) is 0 Å². The fourth-order valence-corrected chi connectivity index (χ4v) is 4.79. The molecular formula is C32H38N4O7. The van der Waals surface area contributed by atoms with Gasteiger partial charge in [0, 0.05) is 6.04 Å². The van der Waals surface area contributed by atoms with Crippen molar-refractivity contribution < 1.29 is 33.2 Å². The first-order valence-electron chi connectivity index (χ1n) is 14.2. The minimum atomic E-state index is -1.04. The van der Waals surface area contributed by atoms with Gasteiger partial charge in [-0.05, 0) is 58.1 Å². The average molecular weight is 591 g/mol. The molecule has 0 unspecified atom stereocenters. The number of aromatic nitrogens is 2. The molecule has 2 aromatic carbocycles. The lowest BCUT2D eigenvalue weighted by Crippen LogP contribution is -2.48. The molecule has 4 rings (SSSR count). The number of nitrogens with one attached hydrogen (secondary N) is 2. The average Bonchev–Trinajstić information content (AvgIpc) is 3.49. The predicted octanol–water partition coefficient (Wildman–Crippen LogP) is 5.02.